The zero-order valence-electron chi connectivity index (χ0n) is 15.5. The number of esters is 1. The van der Waals surface area contributed by atoms with Gasteiger partial charge in [-0.25, -0.2) is 13.2 Å². The number of benzene rings is 1. The summed E-state index contributed by atoms with van der Waals surface area (Å²) in [4.78, 5) is 15.7. The maximum Gasteiger partial charge on any atom is 0.355 e. The Balaban J connectivity index is 1.85. The normalized spacial score (nSPS) is 14.5. The number of ether oxygens (including phenoxy) is 1. The molecule has 4 rings (SSSR count). The number of aromatic nitrogens is 3. The van der Waals surface area contributed by atoms with E-state index >= 15 is 0 Å². The molecule has 0 atom stereocenters. The first-order valence-electron chi connectivity index (χ1n) is 9.02. The van der Waals surface area contributed by atoms with E-state index in [1.54, 1.807) is 25.1 Å². The molecule has 0 bridgehead atoms. The monoisotopic (exact) mass is 421 g/mol. The molecule has 0 radical (unpaired) electrons. The van der Waals surface area contributed by atoms with Crippen LogP contribution in [0.4, 0.5) is 0 Å². The van der Waals surface area contributed by atoms with Gasteiger partial charge < -0.3 is 9.72 Å². The van der Waals surface area contributed by atoms with E-state index in [4.69, 9.17) is 16.3 Å². The van der Waals surface area contributed by atoms with Crippen molar-refractivity contribution in [2.45, 2.75) is 31.4 Å². The second kappa shape index (κ2) is 6.93. The zero-order valence-corrected chi connectivity index (χ0v) is 17.1. The molecule has 0 unspecified atom stereocenters. The Hall–Kier alpha value is -2.32. The number of carbonyl (C=O) groups excluding carboxylic acids is 1. The van der Waals surface area contributed by atoms with Crippen molar-refractivity contribution in [2.24, 2.45) is 0 Å². The molecular formula is C19H20ClN3O4S. The Labute approximate surface area is 167 Å². The van der Waals surface area contributed by atoms with Crippen molar-refractivity contribution in [1.29, 1.82) is 0 Å². The van der Waals surface area contributed by atoms with Crippen LogP contribution in [0.3, 0.4) is 0 Å². The summed E-state index contributed by atoms with van der Waals surface area (Å²) in [5, 5.41) is 7.83. The molecule has 0 saturated heterocycles. The Morgan fingerprint density at radius 3 is 2.71 bits per heavy atom. The third-order valence-corrected chi connectivity index (χ3v) is 5.94. The average Bonchev–Trinajstić information content (AvgIpc) is 3.25. The lowest BCUT2D eigenvalue weighted by Gasteiger charge is -2.08. The molecule has 0 aliphatic heterocycles. The minimum atomic E-state index is -3.21. The predicted octanol–water partition coefficient (Wildman–Crippen LogP) is 3.81. The number of halogens is 1. The van der Waals surface area contributed by atoms with Crippen molar-refractivity contribution in [3.63, 3.8) is 0 Å². The van der Waals surface area contributed by atoms with Crippen LogP contribution in [0.2, 0.25) is 5.02 Å². The molecule has 1 aromatic carbocycles. The minimum absolute atomic E-state index is 0.145. The number of rotatable bonds is 6. The summed E-state index contributed by atoms with van der Waals surface area (Å²) in [5.74, 6) is -0.186. The van der Waals surface area contributed by atoms with E-state index in [2.05, 4.69) is 15.2 Å². The lowest BCUT2D eigenvalue weighted by molar-refractivity contribution is 0.0521. The number of sulfone groups is 1. The minimum Gasteiger partial charge on any atom is -0.461 e. The predicted molar refractivity (Wildman–Crippen MR) is 107 cm³/mol. The lowest BCUT2D eigenvalue weighted by atomic mass is 10.0. The number of hydrogen-bond acceptors (Lipinski definition) is 5. The largest absolute Gasteiger partial charge is 0.461 e. The number of nitrogens with zero attached hydrogens (tertiary/aromatic N) is 1. The molecule has 1 aliphatic rings. The molecular weight excluding hydrogens is 402 g/mol. The highest BCUT2D eigenvalue weighted by Crippen LogP contribution is 2.44. The van der Waals surface area contributed by atoms with Crippen LogP contribution in [-0.2, 0) is 20.3 Å². The van der Waals surface area contributed by atoms with Crippen LogP contribution in [-0.4, -0.2) is 42.4 Å². The Kier molecular flexibility index (Phi) is 4.71. The summed E-state index contributed by atoms with van der Waals surface area (Å²) in [6, 6.07) is 5.09. The van der Waals surface area contributed by atoms with Crippen molar-refractivity contribution < 1.29 is 17.9 Å². The number of nitrogens with one attached hydrogen (secondary N) is 2. The fraction of sp³-hybridized carbons (Fsp3) is 0.368. The summed E-state index contributed by atoms with van der Waals surface area (Å²) >= 11 is 6.34. The molecule has 3 aromatic rings. The van der Waals surface area contributed by atoms with Gasteiger partial charge >= 0.3 is 5.97 Å². The average molecular weight is 422 g/mol. The molecule has 148 valence electrons. The van der Waals surface area contributed by atoms with Crippen molar-refractivity contribution in [3.8, 4) is 11.1 Å². The van der Waals surface area contributed by atoms with Gasteiger partial charge in [-0.15, -0.1) is 0 Å². The van der Waals surface area contributed by atoms with Gasteiger partial charge in [0.05, 0.1) is 23.6 Å². The first-order valence-corrected chi connectivity index (χ1v) is 11.5. The second-order valence-corrected chi connectivity index (χ2v) is 9.65. The van der Waals surface area contributed by atoms with Gasteiger partial charge in [0.15, 0.2) is 9.84 Å². The van der Waals surface area contributed by atoms with E-state index in [1.165, 1.54) is 0 Å². The van der Waals surface area contributed by atoms with Crippen LogP contribution in [0.1, 0.15) is 47.4 Å². The highest BCUT2D eigenvalue weighted by atomic mass is 35.5. The van der Waals surface area contributed by atoms with Crippen LogP contribution in [0.15, 0.2) is 18.2 Å². The van der Waals surface area contributed by atoms with Gasteiger partial charge in [-0.2, -0.15) is 5.10 Å². The van der Waals surface area contributed by atoms with E-state index in [1.807, 2.05) is 0 Å². The summed E-state index contributed by atoms with van der Waals surface area (Å²) in [5.41, 5.74) is 4.55. The van der Waals surface area contributed by atoms with Gasteiger partial charge in [-0.1, -0.05) is 23.7 Å². The third-order valence-electron chi connectivity index (χ3n) is 4.76. The molecule has 1 saturated carbocycles. The molecule has 0 spiro atoms. The van der Waals surface area contributed by atoms with Crippen molar-refractivity contribution in [1.82, 2.24) is 15.2 Å². The first-order chi connectivity index (χ1) is 13.3. The zero-order chi connectivity index (χ0) is 20.1. The van der Waals surface area contributed by atoms with Crippen molar-refractivity contribution in [2.75, 3.05) is 12.9 Å². The van der Waals surface area contributed by atoms with E-state index in [0.717, 1.165) is 30.3 Å². The van der Waals surface area contributed by atoms with Crippen LogP contribution in [0.5, 0.6) is 0 Å². The number of hydrogen-bond donors (Lipinski definition) is 2. The third kappa shape index (κ3) is 3.54. The van der Waals surface area contributed by atoms with Gasteiger partial charge in [-0.3, -0.25) is 5.10 Å². The molecule has 1 fully saturated rings. The fourth-order valence-electron chi connectivity index (χ4n) is 3.38. The van der Waals surface area contributed by atoms with Crippen LogP contribution >= 0.6 is 11.6 Å². The SMILES string of the molecule is CCOC(=O)c1[nH]c2c(C3CC3)[nH]nc2c1-c1ccc(CS(C)(=O)=O)c(Cl)c1. The highest BCUT2D eigenvalue weighted by molar-refractivity contribution is 7.89. The molecule has 2 aromatic heterocycles. The molecule has 28 heavy (non-hydrogen) atoms. The summed E-state index contributed by atoms with van der Waals surface area (Å²) in [6.45, 7) is 2.00. The van der Waals surface area contributed by atoms with E-state index in [0.29, 0.717) is 38.8 Å². The second-order valence-electron chi connectivity index (χ2n) is 7.11. The molecule has 2 N–H and O–H groups in total. The van der Waals surface area contributed by atoms with E-state index in [-0.39, 0.29) is 12.4 Å². The van der Waals surface area contributed by atoms with Crippen LogP contribution < -0.4 is 0 Å². The molecule has 0 amide bonds. The molecule has 7 nitrogen and oxygen atoms in total. The van der Waals surface area contributed by atoms with Gasteiger partial charge in [0.2, 0.25) is 0 Å². The lowest BCUT2D eigenvalue weighted by Crippen LogP contribution is -2.07. The van der Waals surface area contributed by atoms with Gasteiger partial charge in [0.1, 0.15) is 11.2 Å². The van der Waals surface area contributed by atoms with Crippen LogP contribution in [0, 0.1) is 0 Å². The van der Waals surface area contributed by atoms with Gasteiger partial charge in [0, 0.05) is 22.8 Å². The number of fused-ring (bicyclic) bond motifs is 1. The number of carbonyl (C=O) groups is 1. The molecule has 1 aliphatic carbocycles. The fourth-order valence-corrected chi connectivity index (χ4v) is 4.52. The Bertz CT molecular complexity index is 1180. The van der Waals surface area contributed by atoms with Crippen LogP contribution in [0.25, 0.3) is 22.2 Å². The molecule has 9 heteroatoms. The van der Waals surface area contributed by atoms with Crippen molar-refractivity contribution in [3.05, 3.63) is 40.2 Å². The Morgan fingerprint density at radius 2 is 2.11 bits per heavy atom. The maximum atomic E-state index is 12.5. The summed E-state index contributed by atoms with van der Waals surface area (Å²) in [7, 11) is -3.21. The number of aromatic amines is 2. The van der Waals surface area contributed by atoms with E-state index < -0.39 is 15.8 Å². The maximum absolute atomic E-state index is 12.5. The first kappa shape index (κ1) is 19.0. The summed E-state index contributed by atoms with van der Waals surface area (Å²) < 4.78 is 28.4. The smallest absolute Gasteiger partial charge is 0.355 e. The quantitative estimate of drug-likeness (QED) is 0.589. The molecule has 2 heterocycles. The standard InChI is InChI=1S/C19H20ClN3O4S/c1-3-27-19(24)17-14(16-18(21-17)15(22-23-16)10-4-5-10)11-6-7-12(13(20)8-11)9-28(2,25)26/h6-8,10,21H,3-5,9H2,1-2H3,(H,22,23). The van der Waals surface area contributed by atoms with Crippen molar-refractivity contribution >= 4 is 38.4 Å². The Morgan fingerprint density at radius 1 is 1.36 bits per heavy atom. The van der Waals surface area contributed by atoms with E-state index in [9.17, 15) is 13.2 Å². The van der Waals surface area contributed by atoms with Gasteiger partial charge in [0.25, 0.3) is 0 Å². The number of H-pyrrole nitrogens is 2. The highest BCUT2D eigenvalue weighted by Gasteiger charge is 2.31. The van der Waals surface area contributed by atoms with Gasteiger partial charge in [-0.05, 0) is 37.0 Å². The topological polar surface area (TPSA) is 105 Å². The summed E-state index contributed by atoms with van der Waals surface area (Å²) in [6.07, 6.45) is 3.34.